The molecule has 0 saturated heterocycles. The molecule has 0 aromatic carbocycles. The van der Waals surface area contributed by atoms with Gasteiger partial charge in [0.25, 0.3) is 0 Å². The lowest BCUT2D eigenvalue weighted by Gasteiger charge is -2.23. The zero-order valence-electron chi connectivity index (χ0n) is 7.78. The number of hydrogen-bond acceptors (Lipinski definition) is 2. The first kappa shape index (κ1) is 7.75. The summed E-state index contributed by atoms with van der Waals surface area (Å²) in [6.07, 6.45) is 8.46. The van der Waals surface area contributed by atoms with Crippen molar-refractivity contribution in [2.24, 2.45) is 28.7 Å². The lowest BCUT2D eigenvalue weighted by molar-refractivity contribution is 0.259. The molecule has 3 saturated carbocycles. The molecular weight excluding hydrogens is 162 g/mol. The van der Waals surface area contributed by atoms with Crippen LogP contribution in [0.25, 0.3) is 0 Å². The normalized spacial score (nSPS) is 51.8. The summed E-state index contributed by atoms with van der Waals surface area (Å²) in [6, 6.07) is 0.330. The summed E-state index contributed by atoms with van der Waals surface area (Å²) in [4.78, 5) is 14.1. The van der Waals surface area contributed by atoms with Gasteiger partial charge in [-0.15, -0.1) is 0 Å². The van der Waals surface area contributed by atoms with Crippen LogP contribution in [-0.2, 0) is 4.79 Å². The zero-order valence-corrected chi connectivity index (χ0v) is 7.78. The first-order valence-corrected chi connectivity index (χ1v) is 5.45. The summed E-state index contributed by atoms with van der Waals surface area (Å²) in [7, 11) is 0. The molecular formula is C11H15NO. The van der Waals surface area contributed by atoms with Gasteiger partial charge < -0.3 is 0 Å². The van der Waals surface area contributed by atoms with E-state index < -0.39 is 0 Å². The van der Waals surface area contributed by atoms with Gasteiger partial charge in [-0.05, 0) is 55.8 Å². The monoisotopic (exact) mass is 177 g/mol. The summed E-state index contributed by atoms with van der Waals surface area (Å²) in [5.74, 6) is 3.81. The highest BCUT2D eigenvalue weighted by atomic mass is 16.1. The van der Waals surface area contributed by atoms with E-state index in [4.69, 9.17) is 0 Å². The number of nitrogens with zero attached hydrogens (tertiary/aromatic N) is 1. The number of carbonyl (C=O) groups excluding carboxylic acids is 1. The Balaban J connectivity index is 1.79. The molecule has 2 bridgehead atoms. The molecule has 0 radical (unpaired) electrons. The van der Waals surface area contributed by atoms with Crippen molar-refractivity contribution in [2.45, 2.75) is 38.1 Å². The Labute approximate surface area is 78.4 Å². The molecule has 3 aliphatic carbocycles. The van der Waals surface area contributed by atoms with Crippen molar-refractivity contribution in [3.8, 4) is 0 Å². The van der Waals surface area contributed by atoms with E-state index in [0.29, 0.717) is 6.04 Å². The number of aliphatic imine (C=N–C) groups is 1. The lowest BCUT2D eigenvalue weighted by Crippen LogP contribution is -2.15. The molecule has 0 aromatic rings. The molecule has 2 nitrogen and oxygen atoms in total. The largest absolute Gasteiger partial charge is 0.235 e. The van der Waals surface area contributed by atoms with Gasteiger partial charge in [-0.25, -0.2) is 9.79 Å². The lowest BCUT2D eigenvalue weighted by atomic mass is 9.82. The quantitative estimate of drug-likeness (QED) is 0.445. The van der Waals surface area contributed by atoms with Crippen LogP contribution in [0.1, 0.15) is 32.1 Å². The van der Waals surface area contributed by atoms with Crippen molar-refractivity contribution in [2.75, 3.05) is 0 Å². The van der Waals surface area contributed by atoms with E-state index in [1.54, 1.807) is 6.08 Å². The van der Waals surface area contributed by atoms with Crippen LogP contribution < -0.4 is 0 Å². The second-order valence-corrected chi connectivity index (χ2v) is 5.01. The third-order valence-electron chi connectivity index (χ3n) is 4.60. The minimum atomic E-state index is 0.330. The van der Waals surface area contributed by atoms with E-state index in [0.717, 1.165) is 23.7 Å². The zero-order chi connectivity index (χ0) is 8.84. The highest BCUT2D eigenvalue weighted by molar-refractivity contribution is 5.33. The molecule has 13 heavy (non-hydrogen) atoms. The van der Waals surface area contributed by atoms with Gasteiger partial charge in [0.15, 0.2) is 0 Å². The molecule has 3 fully saturated rings. The number of fused-ring (bicyclic) bond motifs is 5. The van der Waals surface area contributed by atoms with Crippen LogP contribution in [0, 0.1) is 23.7 Å². The molecule has 4 unspecified atom stereocenters. The molecule has 0 amide bonds. The highest BCUT2D eigenvalue weighted by Gasteiger charge is 2.51. The first-order chi connectivity index (χ1) is 6.38. The van der Waals surface area contributed by atoms with Gasteiger partial charge in [-0.2, -0.15) is 0 Å². The maximum absolute atomic E-state index is 10.2. The molecule has 0 aliphatic heterocycles. The maximum Gasteiger partial charge on any atom is 0.235 e. The molecule has 4 atom stereocenters. The summed E-state index contributed by atoms with van der Waals surface area (Å²) < 4.78 is 0. The first-order valence-electron chi connectivity index (χ1n) is 5.45. The Morgan fingerprint density at radius 2 is 1.62 bits per heavy atom. The average molecular weight is 177 g/mol. The van der Waals surface area contributed by atoms with E-state index in [1.807, 2.05) is 0 Å². The van der Waals surface area contributed by atoms with Gasteiger partial charge in [-0.1, -0.05) is 0 Å². The molecule has 3 rings (SSSR count). The van der Waals surface area contributed by atoms with Crippen molar-refractivity contribution in [3.63, 3.8) is 0 Å². The molecule has 0 spiro atoms. The topological polar surface area (TPSA) is 29.4 Å². The van der Waals surface area contributed by atoms with Crippen LogP contribution in [-0.4, -0.2) is 12.1 Å². The van der Waals surface area contributed by atoms with E-state index in [-0.39, 0.29) is 0 Å². The minimum Gasteiger partial charge on any atom is -0.211 e. The predicted molar refractivity (Wildman–Crippen MR) is 49.0 cm³/mol. The average Bonchev–Trinajstić information content (AvgIpc) is 2.72. The van der Waals surface area contributed by atoms with Gasteiger partial charge in [0.2, 0.25) is 6.08 Å². The molecule has 0 aromatic heterocycles. The summed E-state index contributed by atoms with van der Waals surface area (Å²) in [5.41, 5.74) is 0. The Hall–Kier alpha value is -0.620. The van der Waals surface area contributed by atoms with Crippen LogP contribution in [0.3, 0.4) is 0 Å². The Kier molecular flexibility index (Phi) is 1.60. The van der Waals surface area contributed by atoms with Crippen LogP contribution in [0.15, 0.2) is 4.99 Å². The fraction of sp³-hybridized carbons (Fsp3) is 0.909. The van der Waals surface area contributed by atoms with Crippen LogP contribution >= 0.6 is 0 Å². The van der Waals surface area contributed by atoms with Gasteiger partial charge in [0.05, 0.1) is 6.04 Å². The van der Waals surface area contributed by atoms with Crippen molar-refractivity contribution < 1.29 is 4.79 Å². The van der Waals surface area contributed by atoms with Crippen molar-refractivity contribution in [3.05, 3.63) is 0 Å². The SMILES string of the molecule is O=C=NC1CC2C3CCC(C3)C2C1. The number of isocyanates is 1. The van der Waals surface area contributed by atoms with Gasteiger partial charge in [-0.3, -0.25) is 0 Å². The van der Waals surface area contributed by atoms with Crippen LogP contribution in [0.5, 0.6) is 0 Å². The molecule has 0 heterocycles. The Morgan fingerprint density at radius 1 is 1.00 bits per heavy atom. The van der Waals surface area contributed by atoms with Crippen molar-refractivity contribution >= 4 is 6.08 Å². The van der Waals surface area contributed by atoms with E-state index in [2.05, 4.69) is 4.99 Å². The fourth-order valence-corrected chi connectivity index (χ4v) is 4.17. The summed E-state index contributed by atoms with van der Waals surface area (Å²) >= 11 is 0. The minimum absolute atomic E-state index is 0.330. The van der Waals surface area contributed by atoms with Gasteiger partial charge >= 0.3 is 0 Å². The van der Waals surface area contributed by atoms with Gasteiger partial charge in [0, 0.05) is 0 Å². The number of hydrogen-bond donors (Lipinski definition) is 0. The second-order valence-electron chi connectivity index (χ2n) is 5.01. The van der Waals surface area contributed by atoms with E-state index >= 15 is 0 Å². The summed E-state index contributed by atoms with van der Waals surface area (Å²) in [5, 5.41) is 0. The van der Waals surface area contributed by atoms with Gasteiger partial charge in [0.1, 0.15) is 0 Å². The Morgan fingerprint density at radius 3 is 2.15 bits per heavy atom. The van der Waals surface area contributed by atoms with Crippen molar-refractivity contribution in [1.82, 2.24) is 0 Å². The predicted octanol–water partition coefficient (Wildman–Crippen LogP) is 2.15. The second kappa shape index (κ2) is 2.68. The van der Waals surface area contributed by atoms with Crippen molar-refractivity contribution in [1.29, 1.82) is 0 Å². The highest BCUT2D eigenvalue weighted by Crippen LogP contribution is 2.59. The molecule has 0 N–H and O–H groups in total. The molecule has 3 aliphatic rings. The molecule has 70 valence electrons. The molecule has 2 heteroatoms. The van der Waals surface area contributed by atoms with Crippen LogP contribution in [0.4, 0.5) is 0 Å². The number of rotatable bonds is 1. The third-order valence-corrected chi connectivity index (χ3v) is 4.60. The third kappa shape index (κ3) is 1.02. The van der Waals surface area contributed by atoms with E-state index in [9.17, 15) is 4.79 Å². The smallest absolute Gasteiger partial charge is 0.211 e. The standard InChI is InChI=1S/C11H15NO/c13-6-12-9-4-10-7-1-2-8(3-7)11(10)5-9/h7-11H,1-5H2. The summed E-state index contributed by atoms with van der Waals surface area (Å²) in [6.45, 7) is 0. The fourth-order valence-electron chi connectivity index (χ4n) is 4.17. The van der Waals surface area contributed by atoms with E-state index in [1.165, 1.54) is 32.1 Å². The Bertz CT molecular complexity index is 251. The van der Waals surface area contributed by atoms with Crippen LogP contribution in [0.2, 0.25) is 0 Å². The maximum atomic E-state index is 10.2.